The maximum absolute atomic E-state index is 13.7. The summed E-state index contributed by atoms with van der Waals surface area (Å²) >= 11 is 5.66. The average Bonchev–Trinajstić information content (AvgIpc) is 2.37. The van der Waals surface area contributed by atoms with Crippen molar-refractivity contribution in [3.05, 3.63) is 52.8 Å². The summed E-state index contributed by atoms with van der Waals surface area (Å²) in [6.07, 6.45) is 0. The van der Waals surface area contributed by atoms with Crippen molar-refractivity contribution in [3.63, 3.8) is 0 Å². The number of carbonyl (C=O) groups is 1. The summed E-state index contributed by atoms with van der Waals surface area (Å²) in [6.45, 7) is 0. The van der Waals surface area contributed by atoms with Crippen LogP contribution >= 0.6 is 11.6 Å². The highest BCUT2D eigenvalue weighted by Gasteiger charge is 2.10. The van der Waals surface area contributed by atoms with Gasteiger partial charge >= 0.3 is 5.97 Å². The standard InChI is InChI=1S/C13H10ClFN2O2/c14-9-2-1-3-11(12(9)15)17-7-4-5-10(16)8(6-7)13(18)19/h1-6,17H,16H2,(H,18,19). The molecule has 0 heterocycles. The normalized spacial score (nSPS) is 10.2. The van der Waals surface area contributed by atoms with Gasteiger partial charge in [-0.15, -0.1) is 0 Å². The lowest BCUT2D eigenvalue weighted by molar-refractivity contribution is 0.0698. The van der Waals surface area contributed by atoms with Gasteiger partial charge in [0.25, 0.3) is 0 Å². The fraction of sp³-hybridized carbons (Fsp3) is 0. The summed E-state index contributed by atoms with van der Waals surface area (Å²) in [4.78, 5) is 10.9. The highest BCUT2D eigenvalue weighted by Crippen LogP contribution is 2.26. The Morgan fingerprint density at radius 1 is 1.32 bits per heavy atom. The van der Waals surface area contributed by atoms with E-state index in [2.05, 4.69) is 5.32 Å². The van der Waals surface area contributed by atoms with E-state index in [-0.39, 0.29) is 22.0 Å². The summed E-state index contributed by atoms with van der Waals surface area (Å²) in [5, 5.41) is 11.7. The number of carboxylic acids is 1. The fourth-order valence-corrected chi connectivity index (χ4v) is 1.75. The predicted molar refractivity (Wildman–Crippen MR) is 72.5 cm³/mol. The van der Waals surface area contributed by atoms with Gasteiger partial charge in [0.05, 0.1) is 16.3 Å². The highest BCUT2D eigenvalue weighted by atomic mass is 35.5. The number of nitrogens with two attached hydrogens (primary N) is 1. The molecular formula is C13H10ClFN2O2. The molecule has 98 valence electrons. The van der Waals surface area contributed by atoms with Gasteiger partial charge in [-0.3, -0.25) is 0 Å². The Morgan fingerprint density at radius 2 is 2.05 bits per heavy atom. The molecule has 0 radical (unpaired) electrons. The molecule has 0 amide bonds. The van der Waals surface area contributed by atoms with Crippen molar-refractivity contribution in [1.82, 2.24) is 0 Å². The monoisotopic (exact) mass is 280 g/mol. The number of hydrogen-bond acceptors (Lipinski definition) is 3. The fourth-order valence-electron chi connectivity index (χ4n) is 1.58. The van der Waals surface area contributed by atoms with E-state index in [1.54, 1.807) is 12.1 Å². The first-order chi connectivity index (χ1) is 8.99. The maximum Gasteiger partial charge on any atom is 0.337 e. The Bertz CT molecular complexity index is 647. The van der Waals surface area contributed by atoms with Gasteiger partial charge < -0.3 is 16.2 Å². The van der Waals surface area contributed by atoms with Crippen LogP contribution in [-0.2, 0) is 0 Å². The van der Waals surface area contributed by atoms with E-state index < -0.39 is 11.8 Å². The molecule has 0 fully saturated rings. The lowest BCUT2D eigenvalue weighted by Crippen LogP contribution is -2.03. The molecule has 0 unspecified atom stereocenters. The molecule has 6 heteroatoms. The molecule has 0 aliphatic carbocycles. The van der Waals surface area contributed by atoms with Crippen LogP contribution in [0, 0.1) is 5.82 Å². The molecule has 19 heavy (non-hydrogen) atoms. The van der Waals surface area contributed by atoms with Crippen molar-refractivity contribution in [2.45, 2.75) is 0 Å². The lowest BCUT2D eigenvalue weighted by Gasteiger charge is -2.10. The van der Waals surface area contributed by atoms with Crippen LogP contribution in [0.2, 0.25) is 5.02 Å². The van der Waals surface area contributed by atoms with E-state index in [0.717, 1.165) is 0 Å². The maximum atomic E-state index is 13.7. The van der Waals surface area contributed by atoms with Crippen LogP contribution < -0.4 is 11.1 Å². The van der Waals surface area contributed by atoms with Crippen LogP contribution in [-0.4, -0.2) is 11.1 Å². The molecule has 4 nitrogen and oxygen atoms in total. The van der Waals surface area contributed by atoms with E-state index in [0.29, 0.717) is 5.69 Å². The Morgan fingerprint density at radius 3 is 2.74 bits per heavy atom. The molecule has 0 spiro atoms. The van der Waals surface area contributed by atoms with E-state index in [1.165, 1.54) is 24.3 Å². The van der Waals surface area contributed by atoms with Crippen molar-refractivity contribution in [1.29, 1.82) is 0 Å². The number of nitrogens with one attached hydrogen (secondary N) is 1. The van der Waals surface area contributed by atoms with Crippen molar-refractivity contribution in [3.8, 4) is 0 Å². The van der Waals surface area contributed by atoms with Gasteiger partial charge in [0.2, 0.25) is 0 Å². The number of rotatable bonds is 3. The third-order valence-electron chi connectivity index (χ3n) is 2.51. The Balaban J connectivity index is 2.36. The van der Waals surface area contributed by atoms with Gasteiger partial charge in [0.1, 0.15) is 0 Å². The number of halogens is 2. The van der Waals surface area contributed by atoms with Crippen molar-refractivity contribution in [2.75, 3.05) is 11.1 Å². The van der Waals surface area contributed by atoms with Gasteiger partial charge in [-0.25, -0.2) is 9.18 Å². The van der Waals surface area contributed by atoms with Crippen molar-refractivity contribution >= 4 is 34.6 Å². The largest absolute Gasteiger partial charge is 0.478 e. The van der Waals surface area contributed by atoms with Crippen LogP contribution in [0.1, 0.15) is 10.4 Å². The molecule has 0 aliphatic heterocycles. The van der Waals surface area contributed by atoms with Gasteiger partial charge in [-0.2, -0.15) is 0 Å². The molecular weight excluding hydrogens is 271 g/mol. The predicted octanol–water partition coefficient (Wildman–Crippen LogP) is 3.50. The minimum Gasteiger partial charge on any atom is -0.478 e. The molecule has 4 N–H and O–H groups in total. The third-order valence-corrected chi connectivity index (χ3v) is 2.81. The number of aromatic carboxylic acids is 1. The van der Waals surface area contributed by atoms with Crippen LogP contribution in [0.15, 0.2) is 36.4 Å². The van der Waals surface area contributed by atoms with Crippen LogP contribution in [0.25, 0.3) is 0 Å². The van der Waals surface area contributed by atoms with Gasteiger partial charge in [0.15, 0.2) is 5.82 Å². The summed E-state index contributed by atoms with van der Waals surface area (Å²) in [7, 11) is 0. The Hall–Kier alpha value is -2.27. The van der Waals surface area contributed by atoms with Gasteiger partial charge in [-0.1, -0.05) is 17.7 Å². The first-order valence-electron chi connectivity index (χ1n) is 5.33. The summed E-state index contributed by atoms with van der Waals surface area (Å²) in [5.74, 6) is -1.74. The molecule has 0 saturated heterocycles. The number of carboxylic acid groups (broad SMARTS) is 1. The topological polar surface area (TPSA) is 75.3 Å². The molecule has 0 aromatic heterocycles. The Labute approximate surface area is 113 Å². The van der Waals surface area contributed by atoms with Gasteiger partial charge in [0, 0.05) is 11.4 Å². The number of nitrogen functional groups attached to an aromatic ring is 1. The molecule has 0 bridgehead atoms. The van der Waals surface area contributed by atoms with Crippen LogP contribution in [0.3, 0.4) is 0 Å². The number of benzene rings is 2. The van der Waals surface area contributed by atoms with Crippen LogP contribution in [0.4, 0.5) is 21.5 Å². The SMILES string of the molecule is Nc1ccc(Nc2cccc(Cl)c2F)cc1C(=O)O. The second-order valence-electron chi connectivity index (χ2n) is 3.83. The van der Waals surface area contributed by atoms with Crippen molar-refractivity contribution in [2.24, 2.45) is 0 Å². The zero-order chi connectivity index (χ0) is 14.0. The molecule has 2 rings (SSSR count). The molecule has 0 saturated carbocycles. The first kappa shape index (κ1) is 13.2. The second kappa shape index (κ2) is 5.16. The average molecular weight is 281 g/mol. The zero-order valence-corrected chi connectivity index (χ0v) is 10.4. The second-order valence-corrected chi connectivity index (χ2v) is 4.24. The lowest BCUT2D eigenvalue weighted by atomic mass is 10.1. The van der Waals surface area contributed by atoms with Gasteiger partial charge in [-0.05, 0) is 30.3 Å². The molecule has 0 aliphatic rings. The minimum absolute atomic E-state index is 0.0149. The first-order valence-corrected chi connectivity index (χ1v) is 5.70. The van der Waals surface area contributed by atoms with E-state index >= 15 is 0 Å². The van der Waals surface area contributed by atoms with E-state index in [1.807, 2.05) is 0 Å². The van der Waals surface area contributed by atoms with E-state index in [9.17, 15) is 9.18 Å². The zero-order valence-electron chi connectivity index (χ0n) is 9.65. The van der Waals surface area contributed by atoms with Crippen molar-refractivity contribution < 1.29 is 14.3 Å². The quantitative estimate of drug-likeness (QED) is 0.752. The minimum atomic E-state index is -1.15. The third kappa shape index (κ3) is 2.77. The summed E-state index contributed by atoms with van der Waals surface area (Å²) in [5.41, 5.74) is 6.20. The highest BCUT2D eigenvalue weighted by molar-refractivity contribution is 6.31. The molecule has 2 aromatic carbocycles. The van der Waals surface area contributed by atoms with Crippen LogP contribution in [0.5, 0.6) is 0 Å². The van der Waals surface area contributed by atoms with E-state index in [4.69, 9.17) is 22.4 Å². The summed E-state index contributed by atoms with van der Waals surface area (Å²) in [6, 6.07) is 8.84. The molecule has 0 atom stereocenters. The number of hydrogen-bond donors (Lipinski definition) is 3. The summed E-state index contributed by atoms with van der Waals surface area (Å²) < 4.78 is 13.7. The smallest absolute Gasteiger partial charge is 0.337 e. The Kier molecular flexibility index (Phi) is 3.57. The number of anilines is 3. The molecule has 2 aromatic rings.